The highest BCUT2D eigenvalue weighted by molar-refractivity contribution is 5.03. The van der Waals surface area contributed by atoms with Crippen LogP contribution in [0.5, 0.6) is 0 Å². The van der Waals surface area contributed by atoms with Crippen molar-refractivity contribution >= 4 is 0 Å². The van der Waals surface area contributed by atoms with Crippen LogP contribution in [0.3, 0.4) is 0 Å². The maximum Gasteiger partial charge on any atom is 0.0581 e. The Morgan fingerprint density at radius 2 is 2.12 bits per heavy atom. The van der Waals surface area contributed by atoms with Crippen LogP contribution in [-0.4, -0.2) is 12.6 Å². The summed E-state index contributed by atoms with van der Waals surface area (Å²) in [6, 6.07) is -0.292. The summed E-state index contributed by atoms with van der Waals surface area (Å²) >= 11 is 0. The van der Waals surface area contributed by atoms with Gasteiger partial charge in [-0.25, -0.2) is 0 Å². The van der Waals surface area contributed by atoms with E-state index in [0.717, 1.165) is 0 Å². The third-order valence-electron chi connectivity index (χ3n) is 0.875. The molecule has 0 aliphatic carbocycles. The summed E-state index contributed by atoms with van der Waals surface area (Å²) in [6.45, 7) is 0.333. The van der Waals surface area contributed by atoms with Crippen LogP contribution < -0.4 is 22.9 Å². The van der Waals surface area contributed by atoms with E-state index in [9.17, 15) is 0 Å². The Bertz CT molecular complexity index is 88.0. The summed E-state index contributed by atoms with van der Waals surface area (Å²) in [6.07, 6.45) is 1.26. The lowest BCUT2D eigenvalue weighted by Crippen LogP contribution is -2.35. The number of hydrogen-bond donors (Lipinski definition) is 4. The molecule has 4 nitrogen and oxygen atoms in total. The number of rotatable bonds is 2. The zero-order valence-electron chi connectivity index (χ0n) is 4.67. The lowest BCUT2D eigenvalue weighted by atomic mass is 10.2. The van der Waals surface area contributed by atoms with Crippen molar-refractivity contribution < 1.29 is 0 Å². The summed E-state index contributed by atoms with van der Waals surface area (Å²) in [5.74, 6) is 0. The quantitative estimate of drug-likeness (QED) is 0.336. The first kappa shape index (κ1) is 7.26. The van der Waals surface area contributed by atoms with E-state index in [1.165, 1.54) is 6.20 Å². The van der Waals surface area contributed by atoms with Gasteiger partial charge in [0.05, 0.1) is 6.04 Å². The molecular formula is C4H12N4. The van der Waals surface area contributed by atoms with Gasteiger partial charge in [0.1, 0.15) is 0 Å². The van der Waals surface area contributed by atoms with Crippen LogP contribution in [0.25, 0.3) is 0 Å². The summed E-state index contributed by atoms with van der Waals surface area (Å²) in [4.78, 5) is 0. The first-order valence-electron chi connectivity index (χ1n) is 2.35. The third-order valence-corrected chi connectivity index (χ3v) is 0.875. The van der Waals surface area contributed by atoms with E-state index < -0.39 is 0 Å². The smallest absolute Gasteiger partial charge is 0.0581 e. The zero-order valence-corrected chi connectivity index (χ0v) is 4.67. The van der Waals surface area contributed by atoms with Crippen molar-refractivity contribution in [3.63, 3.8) is 0 Å². The fourth-order valence-electron chi connectivity index (χ4n) is 0.260. The monoisotopic (exact) mass is 116 g/mol. The van der Waals surface area contributed by atoms with Crippen LogP contribution in [0.15, 0.2) is 11.9 Å². The van der Waals surface area contributed by atoms with Gasteiger partial charge in [-0.1, -0.05) is 0 Å². The van der Waals surface area contributed by atoms with Crippen LogP contribution in [-0.2, 0) is 0 Å². The van der Waals surface area contributed by atoms with Crippen LogP contribution in [0.2, 0.25) is 0 Å². The molecule has 0 saturated heterocycles. The maximum atomic E-state index is 5.33. The molecule has 0 aromatic carbocycles. The topological polar surface area (TPSA) is 104 Å². The minimum atomic E-state index is -0.292. The second kappa shape index (κ2) is 3.29. The Morgan fingerprint density at radius 3 is 2.25 bits per heavy atom. The van der Waals surface area contributed by atoms with Crippen molar-refractivity contribution in [2.45, 2.75) is 6.04 Å². The van der Waals surface area contributed by atoms with Crippen LogP contribution in [0.1, 0.15) is 0 Å². The molecule has 8 N–H and O–H groups in total. The Labute approximate surface area is 48.5 Å². The molecule has 8 heavy (non-hydrogen) atoms. The lowest BCUT2D eigenvalue weighted by Gasteiger charge is -2.06. The number of hydrogen-bond acceptors (Lipinski definition) is 4. The molecule has 0 radical (unpaired) electrons. The maximum absolute atomic E-state index is 5.33. The van der Waals surface area contributed by atoms with Gasteiger partial charge in [-0.3, -0.25) is 0 Å². The predicted molar refractivity (Wildman–Crippen MR) is 33.5 cm³/mol. The van der Waals surface area contributed by atoms with Crippen molar-refractivity contribution in [1.82, 2.24) is 0 Å². The average Bonchev–Trinajstić information content (AvgIpc) is 1.84. The van der Waals surface area contributed by atoms with E-state index in [2.05, 4.69) is 0 Å². The van der Waals surface area contributed by atoms with Gasteiger partial charge < -0.3 is 22.9 Å². The highest BCUT2D eigenvalue weighted by Gasteiger charge is 1.98. The Hall–Kier alpha value is -0.740. The molecule has 0 aliphatic rings. The first-order valence-corrected chi connectivity index (χ1v) is 2.35. The molecule has 0 amide bonds. The molecule has 1 atom stereocenters. The largest absolute Gasteiger partial charge is 0.403 e. The predicted octanol–water partition coefficient (Wildman–Crippen LogP) is -1.97. The van der Waals surface area contributed by atoms with E-state index in [1.807, 2.05) is 0 Å². The van der Waals surface area contributed by atoms with Gasteiger partial charge >= 0.3 is 0 Å². The molecule has 0 rings (SSSR count). The van der Waals surface area contributed by atoms with Gasteiger partial charge in [-0.05, 0) is 0 Å². The van der Waals surface area contributed by atoms with E-state index in [1.54, 1.807) is 0 Å². The minimum absolute atomic E-state index is 0.292. The van der Waals surface area contributed by atoms with Crippen molar-refractivity contribution in [3.8, 4) is 0 Å². The Balaban J connectivity index is 3.63. The van der Waals surface area contributed by atoms with Gasteiger partial charge in [0.15, 0.2) is 0 Å². The third kappa shape index (κ3) is 1.81. The van der Waals surface area contributed by atoms with Crippen molar-refractivity contribution in [1.29, 1.82) is 0 Å². The van der Waals surface area contributed by atoms with Crippen LogP contribution >= 0.6 is 0 Å². The minimum Gasteiger partial charge on any atom is -0.403 e. The second-order valence-corrected chi connectivity index (χ2v) is 1.51. The molecule has 0 spiro atoms. The first-order chi connectivity index (χ1) is 3.72. The molecule has 0 aromatic rings. The fraction of sp³-hybridized carbons (Fsp3) is 0.500. The highest BCUT2D eigenvalue weighted by atomic mass is 14.8. The standard InChI is InChI=1S/C4H12N4/c5-1-3(7)4(8)2-6/h1,4H,2,5-8H2. The SMILES string of the molecule is NC=C(N)C(N)CN. The number of nitrogens with two attached hydrogens (primary N) is 4. The molecule has 0 saturated carbocycles. The van der Waals surface area contributed by atoms with Gasteiger partial charge in [-0.15, -0.1) is 0 Å². The average molecular weight is 116 g/mol. The summed E-state index contributed by atoms with van der Waals surface area (Å²) in [5, 5.41) is 0. The molecule has 0 heterocycles. The summed E-state index contributed by atoms with van der Waals surface area (Å²) in [7, 11) is 0. The molecule has 1 unspecified atom stereocenters. The highest BCUT2D eigenvalue weighted by Crippen LogP contribution is 1.82. The van der Waals surface area contributed by atoms with Crippen molar-refractivity contribution in [3.05, 3.63) is 11.9 Å². The van der Waals surface area contributed by atoms with E-state index in [0.29, 0.717) is 12.2 Å². The van der Waals surface area contributed by atoms with Gasteiger partial charge in [0.25, 0.3) is 0 Å². The molecule has 4 heteroatoms. The van der Waals surface area contributed by atoms with Crippen molar-refractivity contribution in [2.75, 3.05) is 6.54 Å². The Morgan fingerprint density at radius 1 is 1.62 bits per heavy atom. The van der Waals surface area contributed by atoms with Gasteiger partial charge in [0.2, 0.25) is 0 Å². The molecule has 0 aromatic heterocycles. The van der Waals surface area contributed by atoms with Crippen LogP contribution in [0.4, 0.5) is 0 Å². The molecule has 0 fully saturated rings. The van der Waals surface area contributed by atoms with E-state index in [-0.39, 0.29) is 6.04 Å². The normalized spacial score (nSPS) is 16.0. The summed E-state index contributed by atoms with van der Waals surface area (Å²) < 4.78 is 0. The fourth-order valence-corrected chi connectivity index (χ4v) is 0.260. The lowest BCUT2D eigenvalue weighted by molar-refractivity contribution is 0.765. The molecule has 0 aliphatic heterocycles. The van der Waals surface area contributed by atoms with Gasteiger partial charge in [-0.2, -0.15) is 0 Å². The Kier molecular flexibility index (Phi) is 2.98. The summed E-state index contributed by atoms with van der Waals surface area (Å²) in [5.41, 5.74) is 21.2. The van der Waals surface area contributed by atoms with Gasteiger partial charge in [0, 0.05) is 18.4 Å². The van der Waals surface area contributed by atoms with E-state index >= 15 is 0 Å². The van der Waals surface area contributed by atoms with Crippen molar-refractivity contribution in [2.24, 2.45) is 22.9 Å². The second-order valence-electron chi connectivity index (χ2n) is 1.51. The molecule has 0 bridgehead atoms. The zero-order chi connectivity index (χ0) is 6.57. The molecular weight excluding hydrogens is 104 g/mol. The van der Waals surface area contributed by atoms with Crippen LogP contribution in [0, 0.1) is 0 Å². The molecule has 48 valence electrons. The van der Waals surface area contributed by atoms with E-state index in [4.69, 9.17) is 22.9 Å².